The summed E-state index contributed by atoms with van der Waals surface area (Å²) in [6.07, 6.45) is 14.8. The smallest absolute Gasteiger partial charge is 0.335 e. The minimum atomic E-state index is -0.979. The number of para-hydroxylation sites is 1. The zero-order valence-corrected chi connectivity index (χ0v) is 36.3. The van der Waals surface area contributed by atoms with Crippen molar-refractivity contribution in [3.63, 3.8) is 0 Å². The molecule has 3 atom stereocenters. The zero-order chi connectivity index (χ0) is 42.9. The van der Waals surface area contributed by atoms with Gasteiger partial charge in [0.2, 0.25) is 5.69 Å². The fraction of sp³-hybridized carbons (Fsp3) is 0.269. The number of hydrogen-bond donors (Lipinski definition) is 2. The van der Waals surface area contributed by atoms with E-state index in [2.05, 4.69) is 137 Å². The molecule has 3 unspecified atom stereocenters. The normalized spacial score (nSPS) is 21.9. The standard InChI is InChI=1S/C52H49BrN2O6/c1-34(49-52(3,37-13-5-4-6-14-37)43-19-11-12-20-44(43)54(49)29-30-61-33-56)31-38(53)25-26-45-51(2,32-35-21-23-36(24-22-35)50(59)60)47-41-17-9-7-15-39(41)40-16-8-10-18-42(40)48(47)55(45)28-27-46(57)58/h5,7-13,15-26,31,33,37H,4,6,14,27-30,32H2,1-3H3,(H-,57,58,59,60)/p+1. The van der Waals surface area contributed by atoms with Crippen molar-refractivity contribution in [1.29, 1.82) is 0 Å². The molecule has 0 aromatic heterocycles. The number of anilines is 1. The van der Waals surface area contributed by atoms with E-state index >= 15 is 0 Å². The first-order valence-electron chi connectivity index (χ1n) is 21.0. The van der Waals surface area contributed by atoms with Crippen LogP contribution in [0.4, 0.5) is 11.4 Å². The van der Waals surface area contributed by atoms with Crippen molar-refractivity contribution >= 4 is 73.0 Å². The Bertz CT molecular complexity index is 2730. The van der Waals surface area contributed by atoms with Gasteiger partial charge in [-0.3, -0.25) is 9.59 Å². The molecular formula is C52H50BrN2O6+. The summed E-state index contributed by atoms with van der Waals surface area (Å²) in [6.45, 7) is 8.24. The highest BCUT2D eigenvalue weighted by atomic mass is 79.9. The fourth-order valence-corrected chi connectivity index (χ4v) is 10.9. The van der Waals surface area contributed by atoms with Gasteiger partial charge in [-0.05, 0) is 122 Å². The van der Waals surface area contributed by atoms with Gasteiger partial charge in [0.25, 0.3) is 6.47 Å². The molecule has 0 spiro atoms. The van der Waals surface area contributed by atoms with Crippen molar-refractivity contribution in [2.75, 3.05) is 24.6 Å². The first kappa shape index (κ1) is 41.7. The topological polar surface area (TPSA) is 107 Å². The Kier molecular flexibility index (Phi) is 11.7. The van der Waals surface area contributed by atoms with E-state index in [-0.39, 0.29) is 36.5 Å². The van der Waals surface area contributed by atoms with E-state index in [0.717, 1.165) is 79.1 Å². The number of aliphatic carboxylic acids is 1. The number of aromatic carboxylic acids is 1. The first-order chi connectivity index (χ1) is 29.5. The molecule has 2 heterocycles. The first-order valence-corrected chi connectivity index (χ1v) is 21.7. The van der Waals surface area contributed by atoms with Gasteiger partial charge in [-0.1, -0.05) is 101 Å². The number of hydrogen-bond acceptors (Lipinski definition) is 5. The summed E-state index contributed by atoms with van der Waals surface area (Å²) < 4.78 is 8.30. The maximum absolute atomic E-state index is 12.3. The van der Waals surface area contributed by atoms with Crippen molar-refractivity contribution in [2.24, 2.45) is 5.92 Å². The van der Waals surface area contributed by atoms with Crippen LogP contribution < -0.4 is 4.90 Å². The SMILES string of the molecule is CC(/C=C(Br)/C=C/C1=[N+](CCC(=O)O)c2c(c3ccccc3c3ccccc23)C1(C)Cc1ccc(C(=O)O)cc1)=C1/N(CCOC=O)c2ccccc2C1(C)C1C=CCCC1. The minimum Gasteiger partial charge on any atom is -0.481 e. The van der Waals surface area contributed by atoms with E-state index in [0.29, 0.717) is 19.4 Å². The molecule has 2 N–H and O–H groups in total. The number of carbonyl (C=O) groups is 3. The van der Waals surface area contributed by atoms with Crippen molar-refractivity contribution < 1.29 is 33.9 Å². The van der Waals surface area contributed by atoms with Crippen LogP contribution in [0.2, 0.25) is 0 Å². The second-order valence-electron chi connectivity index (χ2n) is 16.7. The van der Waals surface area contributed by atoms with E-state index in [9.17, 15) is 24.6 Å². The van der Waals surface area contributed by atoms with Crippen molar-refractivity contribution in [2.45, 2.75) is 63.7 Å². The van der Waals surface area contributed by atoms with Gasteiger partial charge in [0.05, 0.1) is 22.9 Å². The number of halogens is 1. The van der Waals surface area contributed by atoms with Crippen LogP contribution in [0.15, 0.2) is 143 Å². The van der Waals surface area contributed by atoms with Crippen LogP contribution in [0.5, 0.6) is 0 Å². The van der Waals surface area contributed by atoms with Crippen LogP contribution in [0.3, 0.4) is 0 Å². The molecule has 0 saturated carbocycles. The van der Waals surface area contributed by atoms with Crippen molar-refractivity contribution in [3.05, 3.63) is 165 Å². The fourth-order valence-electron chi connectivity index (χ4n) is 10.4. The molecule has 0 fully saturated rings. The summed E-state index contributed by atoms with van der Waals surface area (Å²) in [7, 11) is 0. The predicted molar refractivity (Wildman–Crippen MR) is 246 cm³/mol. The van der Waals surface area contributed by atoms with Gasteiger partial charge < -0.3 is 19.8 Å². The molecule has 1 aliphatic carbocycles. The molecule has 3 aliphatic rings. The highest BCUT2D eigenvalue weighted by molar-refractivity contribution is 9.11. The Morgan fingerprint density at radius 2 is 1.59 bits per heavy atom. The van der Waals surface area contributed by atoms with E-state index in [1.807, 2.05) is 24.3 Å². The number of fused-ring (bicyclic) bond motifs is 7. The van der Waals surface area contributed by atoms with Crippen LogP contribution >= 0.6 is 15.9 Å². The van der Waals surface area contributed by atoms with Gasteiger partial charge in [0.15, 0.2) is 12.3 Å². The average Bonchev–Trinajstić information content (AvgIpc) is 3.67. The van der Waals surface area contributed by atoms with Gasteiger partial charge in [0, 0.05) is 32.9 Å². The maximum Gasteiger partial charge on any atom is 0.335 e. The third-order valence-electron chi connectivity index (χ3n) is 13.0. The summed E-state index contributed by atoms with van der Waals surface area (Å²) in [6, 6.07) is 32.4. The molecule has 5 aromatic carbocycles. The molecule has 8 rings (SSSR count). The number of ether oxygens (including phenoxy) is 1. The molecule has 310 valence electrons. The Labute approximate surface area is 365 Å². The van der Waals surface area contributed by atoms with Crippen molar-refractivity contribution in [1.82, 2.24) is 0 Å². The van der Waals surface area contributed by atoms with E-state index < -0.39 is 17.4 Å². The maximum atomic E-state index is 12.3. The number of carboxylic acids is 2. The molecular weight excluding hydrogens is 828 g/mol. The Balaban J connectivity index is 1.31. The summed E-state index contributed by atoms with van der Waals surface area (Å²) in [5, 5.41) is 24.1. The lowest BCUT2D eigenvalue weighted by Gasteiger charge is -2.38. The number of rotatable bonds is 14. The van der Waals surface area contributed by atoms with Crippen LogP contribution in [-0.4, -0.2) is 58.6 Å². The number of carboxylic acid groups (broad SMARTS) is 2. The molecule has 5 aromatic rings. The van der Waals surface area contributed by atoms with Gasteiger partial charge in [-0.2, -0.15) is 4.58 Å². The predicted octanol–water partition coefficient (Wildman–Crippen LogP) is 11.2. The Morgan fingerprint density at radius 1 is 0.918 bits per heavy atom. The molecule has 0 amide bonds. The molecule has 0 saturated heterocycles. The average molecular weight is 879 g/mol. The number of carbonyl (C=O) groups excluding carboxylic acids is 1. The lowest BCUT2D eigenvalue weighted by molar-refractivity contribution is -0.435. The van der Waals surface area contributed by atoms with Crippen LogP contribution in [0.25, 0.3) is 21.5 Å². The largest absolute Gasteiger partial charge is 0.481 e. The van der Waals surface area contributed by atoms with Crippen molar-refractivity contribution in [3.8, 4) is 0 Å². The quantitative estimate of drug-likeness (QED) is 0.0286. The Hall–Kier alpha value is -6.06. The number of allylic oxidation sites excluding steroid dienone is 8. The lowest BCUT2D eigenvalue weighted by Crippen LogP contribution is -2.37. The van der Waals surface area contributed by atoms with E-state index in [4.69, 9.17) is 4.74 Å². The summed E-state index contributed by atoms with van der Waals surface area (Å²) in [5.41, 5.74) is 7.86. The molecule has 8 nitrogen and oxygen atoms in total. The molecule has 0 radical (unpaired) electrons. The van der Waals surface area contributed by atoms with Crippen LogP contribution in [-0.2, 0) is 31.6 Å². The number of nitrogens with zero attached hydrogens (tertiary/aromatic N) is 2. The zero-order valence-electron chi connectivity index (χ0n) is 34.7. The lowest BCUT2D eigenvalue weighted by atomic mass is 9.67. The van der Waals surface area contributed by atoms with Crippen LogP contribution in [0.1, 0.15) is 73.5 Å². The van der Waals surface area contributed by atoms with E-state index in [1.54, 1.807) is 12.1 Å². The highest BCUT2D eigenvalue weighted by Crippen LogP contribution is 2.55. The van der Waals surface area contributed by atoms with Gasteiger partial charge in [0.1, 0.15) is 13.0 Å². The number of benzene rings is 5. The second kappa shape index (κ2) is 17.1. The summed E-state index contributed by atoms with van der Waals surface area (Å²) >= 11 is 3.96. The van der Waals surface area contributed by atoms with Gasteiger partial charge in [-0.15, -0.1) is 0 Å². The molecule has 61 heavy (non-hydrogen) atoms. The minimum absolute atomic E-state index is 0.0675. The third-order valence-corrected chi connectivity index (χ3v) is 13.5. The highest BCUT2D eigenvalue weighted by Gasteiger charge is 2.51. The van der Waals surface area contributed by atoms with Gasteiger partial charge >= 0.3 is 11.9 Å². The Morgan fingerprint density at radius 3 is 2.26 bits per heavy atom. The summed E-state index contributed by atoms with van der Waals surface area (Å²) in [4.78, 5) is 37.7. The molecule has 2 aliphatic heterocycles. The van der Waals surface area contributed by atoms with Crippen LogP contribution in [0, 0.1) is 5.92 Å². The molecule has 0 bridgehead atoms. The van der Waals surface area contributed by atoms with Gasteiger partial charge in [-0.25, -0.2) is 4.79 Å². The third kappa shape index (κ3) is 7.54. The van der Waals surface area contributed by atoms with E-state index in [1.165, 1.54) is 11.3 Å². The summed E-state index contributed by atoms with van der Waals surface area (Å²) in [5.74, 6) is -1.59. The second-order valence-corrected chi connectivity index (χ2v) is 17.6. The monoisotopic (exact) mass is 877 g/mol. The molecule has 9 heteroatoms.